The first-order chi connectivity index (χ1) is 5.75. The Morgan fingerprint density at radius 2 is 2.17 bits per heavy atom. The van der Waals surface area contributed by atoms with Gasteiger partial charge in [0.1, 0.15) is 5.75 Å². The van der Waals surface area contributed by atoms with Gasteiger partial charge in [0.2, 0.25) is 0 Å². The lowest BCUT2D eigenvalue weighted by molar-refractivity contribution is 0.304. The molecule has 0 atom stereocenters. The Bertz CT molecular complexity index is 297. The van der Waals surface area contributed by atoms with Gasteiger partial charge in [-0.1, -0.05) is 0 Å². The highest BCUT2D eigenvalue weighted by atomic mass is 127. The number of anilines is 1. The zero-order chi connectivity index (χ0) is 8.55. The van der Waals surface area contributed by atoms with Gasteiger partial charge >= 0.3 is 0 Å². The second-order valence-corrected chi connectivity index (χ2v) is 4.24. The third-order valence-electron chi connectivity index (χ3n) is 1.79. The molecule has 3 heteroatoms. The highest BCUT2D eigenvalue weighted by molar-refractivity contribution is 14.1. The Morgan fingerprint density at radius 3 is 2.83 bits per heavy atom. The third kappa shape index (κ3) is 1.83. The molecule has 0 amide bonds. The van der Waals surface area contributed by atoms with E-state index in [-0.39, 0.29) is 0 Å². The van der Waals surface area contributed by atoms with E-state index in [1.54, 1.807) is 0 Å². The van der Waals surface area contributed by atoms with E-state index >= 15 is 0 Å². The first kappa shape index (κ1) is 8.16. The molecule has 0 bridgehead atoms. The molecule has 0 saturated heterocycles. The number of nitrogen functional groups attached to an aromatic ring is 1. The fourth-order valence-corrected chi connectivity index (χ4v) is 1.44. The molecule has 1 saturated carbocycles. The van der Waals surface area contributed by atoms with Crippen LogP contribution in [0.15, 0.2) is 18.2 Å². The lowest BCUT2D eigenvalue weighted by atomic mass is 10.3. The van der Waals surface area contributed by atoms with Crippen molar-refractivity contribution in [3.8, 4) is 5.75 Å². The van der Waals surface area contributed by atoms with E-state index in [0.717, 1.165) is 15.0 Å². The van der Waals surface area contributed by atoms with E-state index in [1.807, 2.05) is 18.2 Å². The number of hydrogen-bond donors (Lipinski definition) is 1. The van der Waals surface area contributed by atoms with E-state index in [4.69, 9.17) is 10.5 Å². The Balaban J connectivity index is 2.21. The fourth-order valence-electron chi connectivity index (χ4n) is 0.976. The maximum Gasteiger partial charge on any atom is 0.143 e. The molecule has 12 heavy (non-hydrogen) atoms. The van der Waals surface area contributed by atoms with E-state index in [0.29, 0.717) is 6.10 Å². The summed E-state index contributed by atoms with van der Waals surface area (Å²) in [4.78, 5) is 0. The smallest absolute Gasteiger partial charge is 0.143 e. The highest BCUT2D eigenvalue weighted by Crippen LogP contribution is 2.31. The minimum absolute atomic E-state index is 0.422. The second-order valence-electron chi connectivity index (χ2n) is 3.00. The average molecular weight is 275 g/mol. The number of nitrogens with two attached hydrogens (primary N) is 1. The summed E-state index contributed by atoms with van der Waals surface area (Å²) in [7, 11) is 0. The van der Waals surface area contributed by atoms with Crippen molar-refractivity contribution in [2.75, 3.05) is 5.73 Å². The van der Waals surface area contributed by atoms with Gasteiger partial charge < -0.3 is 10.5 Å². The average Bonchev–Trinajstić information content (AvgIpc) is 2.81. The van der Waals surface area contributed by atoms with Crippen LogP contribution in [0.4, 0.5) is 5.69 Å². The number of ether oxygens (including phenoxy) is 1. The maximum absolute atomic E-state index is 5.74. The van der Waals surface area contributed by atoms with E-state index < -0.39 is 0 Å². The predicted molar refractivity (Wildman–Crippen MR) is 57.2 cm³/mol. The van der Waals surface area contributed by atoms with Crippen molar-refractivity contribution in [1.29, 1.82) is 0 Å². The molecule has 0 radical (unpaired) electrons. The second kappa shape index (κ2) is 3.12. The predicted octanol–water partition coefficient (Wildman–Crippen LogP) is 2.41. The van der Waals surface area contributed by atoms with E-state index in [1.165, 1.54) is 12.8 Å². The fraction of sp³-hybridized carbons (Fsp3) is 0.333. The standard InChI is InChI=1S/C9H10INO/c10-6-1-4-8(11)9(5-6)12-7-2-3-7/h1,4-5,7H,2-3,11H2. The number of rotatable bonds is 2. The van der Waals surface area contributed by atoms with Gasteiger partial charge in [0, 0.05) is 3.57 Å². The molecule has 1 fully saturated rings. The van der Waals surface area contributed by atoms with Crippen LogP contribution in [0.2, 0.25) is 0 Å². The molecule has 1 aromatic carbocycles. The summed E-state index contributed by atoms with van der Waals surface area (Å²) >= 11 is 2.25. The summed E-state index contributed by atoms with van der Waals surface area (Å²) in [5.41, 5.74) is 6.48. The van der Waals surface area contributed by atoms with E-state index in [9.17, 15) is 0 Å². The van der Waals surface area contributed by atoms with Gasteiger partial charge in [-0.2, -0.15) is 0 Å². The summed E-state index contributed by atoms with van der Waals surface area (Å²) in [5, 5.41) is 0. The molecule has 1 aliphatic carbocycles. The lowest BCUT2D eigenvalue weighted by Gasteiger charge is -2.07. The van der Waals surface area contributed by atoms with Crippen LogP contribution in [0.25, 0.3) is 0 Å². The summed E-state index contributed by atoms with van der Waals surface area (Å²) in [6, 6.07) is 5.85. The molecule has 2 rings (SSSR count). The van der Waals surface area contributed by atoms with Crippen LogP contribution in [-0.4, -0.2) is 6.10 Å². The highest BCUT2D eigenvalue weighted by Gasteiger charge is 2.24. The molecule has 64 valence electrons. The van der Waals surface area contributed by atoms with Crippen molar-refractivity contribution in [3.05, 3.63) is 21.8 Å². The Kier molecular flexibility index (Phi) is 2.12. The van der Waals surface area contributed by atoms with Crippen molar-refractivity contribution in [2.45, 2.75) is 18.9 Å². The van der Waals surface area contributed by atoms with Gasteiger partial charge in [0.05, 0.1) is 11.8 Å². The molecule has 0 unspecified atom stereocenters. The quantitative estimate of drug-likeness (QED) is 0.664. The van der Waals surface area contributed by atoms with Gasteiger partial charge in [0.15, 0.2) is 0 Å². The van der Waals surface area contributed by atoms with Gasteiger partial charge in [-0.05, 0) is 53.6 Å². The molecule has 1 aromatic rings. The summed E-state index contributed by atoms with van der Waals surface area (Å²) in [6.45, 7) is 0. The van der Waals surface area contributed by atoms with Crippen LogP contribution in [0.5, 0.6) is 5.75 Å². The van der Waals surface area contributed by atoms with Gasteiger partial charge in [-0.15, -0.1) is 0 Å². The number of hydrogen-bond acceptors (Lipinski definition) is 2. The molecular weight excluding hydrogens is 265 g/mol. The van der Waals surface area contributed by atoms with Crippen molar-refractivity contribution in [1.82, 2.24) is 0 Å². The number of halogens is 1. The topological polar surface area (TPSA) is 35.2 Å². The molecule has 0 heterocycles. The molecule has 1 aliphatic rings. The molecule has 0 aromatic heterocycles. The zero-order valence-corrected chi connectivity index (χ0v) is 8.74. The minimum atomic E-state index is 0.422. The monoisotopic (exact) mass is 275 g/mol. The van der Waals surface area contributed by atoms with Crippen molar-refractivity contribution in [3.63, 3.8) is 0 Å². The van der Waals surface area contributed by atoms with Crippen LogP contribution in [0.3, 0.4) is 0 Å². The van der Waals surface area contributed by atoms with Gasteiger partial charge in [0.25, 0.3) is 0 Å². The minimum Gasteiger partial charge on any atom is -0.488 e. The van der Waals surface area contributed by atoms with E-state index in [2.05, 4.69) is 22.6 Å². The Hall–Kier alpha value is -0.450. The first-order valence-corrected chi connectivity index (χ1v) is 5.05. The maximum atomic E-state index is 5.74. The van der Waals surface area contributed by atoms with Crippen LogP contribution < -0.4 is 10.5 Å². The molecular formula is C9H10INO. The lowest BCUT2D eigenvalue weighted by Crippen LogP contribution is -1.99. The van der Waals surface area contributed by atoms with Crippen LogP contribution >= 0.6 is 22.6 Å². The number of benzene rings is 1. The summed E-state index contributed by atoms with van der Waals surface area (Å²) in [5.74, 6) is 0.837. The molecule has 0 aliphatic heterocycles. The molecule has 2 nitrogen and oxygen atoms in total. The van der Waals surface area contributed by atoms with Crippen LogP contribution in [-0.2, 0) is 0 Å². The van der Waals surface area contributed by atoms with Crippen LogP contribution in [0.1, 0.15) is 12.8 Å². The molecule has 2 N–H and O–H groups in total. The SMILES string of the molecule is Nc1ccc(I)cc1OC1CC1. The Labute approximate surface area is 85.2 Å². The Morgan fingerprint density at radius 1 is 1.42 bits per heavy atom. The molecule has 0 spiro atoms. The largest absolute Gasteiger partial charge is 0.488 e. The van der Waals surface area contributed by atoms with Crippen molar-refractivity contribution < 1.29 is 4.74 Å². The summed E-state index contributed by atoms with van der Waals surface area (Å²) < 4.78 is 6.77. The van der Waals surface area contributed by atoms with Gasteiger partial charge in [-0.25, -0.2) is 0 Å². The normalized spacial score (nSPS) is 16.1. The first-order valence-electron chi connectivity index (χ1n) is 3.97. The van der Waals surface area contributed by atoms with Crippen LogP contribution in [0, 0.1) is 3.57 Å². The summed E-state index contributed by atoms with van der Waals surface area (Å²) in [6.07, 6.45) is 2.76. The van der Waals surface area contributed by atoms with Crippen molar-refractivity contribution >= 4 is 28.3 Å². The third-order valence-corrected chi connectivity index (χ3v) is 2.46. The van der Waals surface area contributed by atoms with Crippen molar-refractivity contribution in [2.24, 2.45) is 0 Å². The zero-order valence-electron chi connectivity index (χ0n) is 6.59. The van der Waals surface area contributed by atoms with Gasteiger partial charge in [-0.3, -0.25) is 0 Å².